The van der Waals surface area contributed by atoms with Gasteiger partial charge in [0.1, 0.15) is 0 Å². The fourth-order valence-corrected chi connectivity index (χ4v) is 2.60. The first kappa shape index (κ1) is 12.4. The summed E-state index contributed by atoms with van der Waals surface area (Å²) in [5.41, 5.74) is 8.45. The molecule has 0 saturated carbocycles. The van der Waals surface area contributed by atoms with Gasteiger partial charge < -0.3 is 14.9 Å². The molecule has 5 nitrogen and oxygen atoms in total. The third-order valence-electron chi connectivity index (χ3n) is 3.70. The molecule has 102 valence electrons. The number of fused-ring (bicyclic) bond motifs is 1. The van der Waals surface area contributed by atoms with Gasteiger partial charge in [0, 0.05) is 12.6 Å². The number of aromatic nitrogens is 1. The van der Waals surface area contributed by atoms with E-state index in [1.54, 1.807) is 0 Å². The van der Waals surface area contributed by atoms with Crippen LogP contribution in [-0.2, 0) is 4.74 Å². The van der Waals surface area contributed by atoms with E-state index >= 15 is 0 Å². The molecule has 19 heavy (non-hydrogen) atoms. The van der Waals surface area contributed by atoms with Gasteiger partial charge in [0.25, 0.3) is 0 Å². The highest BCUT2D eigenvalue weighted by Crippen LogP contribution is 2.24. The monoisotopic (exact) mass is 262 g/mol. The van der Waals surface area contributed by atoms with Gasteiger partial charge in [0.05, 0.1) is 11.6 Å². The summed E-state index contributed by atoms with van der Waals surface area (Å²) in [4.78, 5) is 13.7. The second kappa shape index (κ2) is 5.19. The summed E-state index contributed by atoms with van der Waals surface area (Å²) < 4.78 is 10.6. The SMILES string of the molecule is NC(CCC1CCCO1)c1ccc2[nH]c(=O)oc2c1. The summed E-state index contributed by atoms with van der Waals surface area (Å²) in [6.45, 7) is 0.875. The van der Waals surface area contributed by atoms with Crippen LogP contribution < -0.4 is 11.5 Å². The number of oxazole rings is 1. The number of nitrogens with two attached hydrogens (primary N) is 1. The van der Waals surface area contributed by atoms with Gasteiger partial charge in [-0.3, -0.25) is 4.98 Å². The van der Waals surface area contributed by atoms with Gasteiger partial charge in [0.15, 0.2) is 5.58 Å². The van der Waals surface area contributed by atoms with Gasteiger partial charge in [-0.2, -0.15) is 0 Å². The predicted molar refractivity (Wildman–Crippen MR) is 72.0 cm³/mol. The van der Waals surface area contributed by atoms with Gasteiger partial charge in [-0.15, -0.1) is 0 Å². The van der Waals surface area contributed by atoms with Crippen molar-refractivity contribution in [2.24, 2.45) is 5.73 Å². The normalized spacial score (nSPS) is 21.0. The molecule has 0 amide bonds. The molecule has 5 heteroatoms. The van der Waals surface area contributed by atoms with Crippen LogP contribution in [0.15, 0.2) is 27.4 Å². The Morgan fingerprint density at radius 2 is 2.37 bits per heavy atom. The van der Waals surface area contributed by atoms with Crippen LogP contribution in [-0.4, -0.2) is 17.7 Å². The number of ether oxygens (including phenoxy) is 1. The van der Waals surface area contributed by atoms with E-state index in [1.807, 2.05) is 18.2 Å². The molecular formula is C14H18N2O3. The Kier molecular flexibility index (Phi) is 3.40. The number of H-pyrrole nitrogens is 1. The summed E-state index contributed by atoms with van der Waals surface area (Å²) in [5, 5.41) is 0. The van der Waals surface area contributed by atoms with Crippen molar-refractivity contribution in [1.29, 1.82) is 0 Å². The van der Waals surface area contributed by atoms with E-state index in [2.05, 4.69) is 4.98 Å². The van der Waals surface area contributed by atoms with Crippen LogP contribution in [0, 0.1) is 0 Å². The Morgan fingerprint density at radius 1 is 1.47 bits per heavy atom. The van der Waals surface area contributed by atoms with E-state index in [4.69, 9.17) is 14.9 Å². The van der Waals surface area contributed by atoms with Gasteiger partial charge in [0.2, 0.25) is 0 Å². The first-order valence-electron chi connectivity index (χ1n) is 6.72. The molecule has 1 aromatic heterocycles. The van der Waals surface area contributed by atoms with Crippen molar-refractivity contribution in [2.75, 3.05) is 6.61 Å². The summed E-state index contributed by atoms with van der Waals surface area (Å²) in [5.74, 6) is -0.430. The number of benzene rings is 1. The molecule has 1 aliphatic heterocycles. The third kappa shape index (κ3) is 2.72. The average molecular weight is 262 g/mol. The summed E-state index contributed by atoms with van der Waals surface area (Å²) in [7, 11) is 0. The standard InChI is InChI=1S/C14H18N2O3/c15-11(5-4-10-2-1-7-18-10)9-3-6-12-13(8-9)19-14(17)16-12/h3,6,8,10-11H,1-2,4-5,7,15H2,(H,16,17). The van der Waals surface area contributed by atoms with E-state index in [0.29, 0.717) is 17.2 Å². The zero-order valence-corrected chi connectivity index (χ0v) is 10.7. The molecule has 1 aliphatic rings. The number of aromatic amines is 1. The predicted octanol–water partition coefficient (Wildman–Crippen LogP) is 2.08. The van der Waals surface area contributed by atoms with Crippen molar-refractivity contribution in [2.45, 2.75) is 37.8 Å². The minimum atomic E-state index is -0.430. The first-order valence-corrected chi connectivity index (χ1v) is 6.72. The lowest BCUT2D eigenvalue weighted by atomic mass is 10.00. The molecule has 2 unspecified atom stereocenters. The molecule has 2 aromatic rings. The lowest BCUT2D eigenvalue weighted by Gasteiger charge is -2.14. The average Bonchev–Trinajstić information content (AvgIpc) is 3.02. The maximum Gasteiger partial charge on any atom is 0.417 e. The maximum absolute atomic E-state index is 11.1. The van der Waals surface area contributed by atoms with Gasteiger partial charge in [-0.1, -0.05) is 6.07 Å². The van der Waals surface area contributed by atoms with Gasteiger partial charge in [-0.05, 0) is 43.4 Å². The highest BCUT2D eigenvalue weighted by atomic mass is 16.5. The quantitative estimate of drug-likeness (QED) is 0.883. The Balaban J connectivity index is 1.69. The van der Waals surface area contributed by atoms with Gasteiger partial charge >= 0.3 is 5.76 Å². The van der Waals surface area contributed by atoms with Gasteiger partial charge in [-0.25, -0.2) is 4.79 Å². The van der Waals surface area contributed by atoms with Crippen LogP contribution >= 0.6 is 0 Å². The molecule has 1 fully saturated rings. The lowest BCUT2D eigenvalue weighted by Crippen LogP contribution is -2.14. The fourth-order valence-electron chi connectivity index (χ4n) is 2.60. The smallest absolute Gasteiger partial charge is 0.408 e. The Morgan fingerprint density at radius 3 is 3.16 bits per heavy atom. The van der Waals surface area contributed by atoms with Crippen molar-refractivity contribution in [3.8, 4) is 0 Å². The molecular weight excluding hydrogens is 244 g/mol. The van der Waals surface area contributed by atoms with Crippen molar-refractivity contribution >= 4 is 11.1 Å². The van der Waals surface area contributed by atoms with Crippen LogP contribution in [0.4, 0.5) is 0 Å². The van der Waals surface area contributed by atoms with E-state index in [9.17, 15) is 4.79 Å². The third-order valence-corrected chi connectivity index (χ3v) is 3.70. The Hall–Kier alpha value is -1.59. The van der Waals surface area contributed by atoms with E-state index in [-0.39, 0.29) is 6.04 Å². The zero-order valence-electron chi connectivity index (χ0n) is 10.7. The van der Waals surface area contributed by atoms with Crippen molar-refractivity contribution in [1.82, 2.24) is 4.98 Å². The van der Waals surface area contributed by atoms with Crippen molar-refractivity contribution in [3.05, 3.63) is 34.3 Å². The van der Waals surface area contributed by atoms with E-state index in [0.717, 1.165) is 37.9 Å². The molecule has 2 atom stereocenters. The topological polar surface area (TPSA) is 81.2 Å². The van der Waals surface area contributed by atoms with E-state index < -0.39 is 5.76 Å². The lowest BCUT2D eigenvalue weighted by molar-refractivity contribution is 0.101. The Labute approximate surface area is 110 Å². The molecule has 1 saturated heterocycles. The number of nitrogens with one attached hydrogen (secondary N) is 1. The van der Waals surface area contributed by atoms with Crippen LogP contribution in [0.25, 0.3) is 11.1 Å². The summed E-state index contributed by atoms with van der Waals surface area (Å²) >= 11 is 0. The summed E-state index contributed by atoms with van der Waals surface area (Å²) in [6, 6.07) is 5.57. The zero-order chi connectivity index (χ0) is 13.2. The fraction of sp³-hybridized carbons (Fsp3) is 0.500. The molecule has 0 aliphatic carbocycles. The first-order chi connectivity index (χ1) is 9.22. The molecule has 0 spiro atoms. The molecule has 0 radical (unpaired) electrons. The minimum Gasteiger partial charge on any atom is -0.408 e. The van der Waals surface area contributed by atoms with Crippen LogP contribution in [0.3, 0.4) is 0 Å². The van der Waals surface area contributed by atoms with Crippen LogP contribution in [0.1, 0.15) is 37.3 Å². The molecule has 3 rings (SSSR count). The minimum absolute atomic E-state index is 0.0474. The van der Waals surface area contributed by atoms with Crippen molar-refractivity contribution in [3.63, 3.8) is 0 Å². The van der Waals surface area contributed by atoms with E-state index in [1.165, 1.54) is 0 Å². The second-order valence-electron chi connectivity index (χ2n) is 5.09. The number of hydrogen-bond donors (Lipinski definition) is 2. The molecule has 1 aromatic carbocycles. The highest BCUT2D eigenvalue weighted by Gasteiger charge is 2.17. The van der Waals surface area contributed by atoms with Crippen LogP contribution in [0.5, 0.6) is 0 Å². The second-order valence-corrected chi connectivity index (χ2v) is 5.09. The largest absolute Gasteiger partial charge is 0.417 e. The highest BCUT2D eigenvalue weighted by molar-refractivity contribution is 5.72. The molecule has 3 N–H and O–H groups in total. The molecule has 0 bridgehead atoms. The number of rotatable bonds is 4. The van der Waals surface area contributed by atoms with Crippen LogP contribution in [0.2, 0.25) is 0 Å². The number of hydrogen-bond acceptors (Lipinski definition) is 4. The Bertz CT molecular complexity index is 610. The molecule has 2 heterocycles. The summed E-state index contributed by atoms with van der Waals surface area (Å²) in [6.07, 6.45) is 4.51. The van der Waals surface area contributed by atoms with Crippen molar-refractivity contribution < 1.29 is 9.15 Å². The maximum atomic E-state index is 11.1.